The summed E-state index contributed by atoms with van der Waals surface area (Å²) < 4.78 is 50.5. The number of rotatable bonds is 1. The Hall–Kier alpha value is -2.05. The Balaban J connectivity index is 2.50. The van der Waals surface area contributed by atoms with E-state index in [1.54, 1.807) is 0 Å². The van der Waals surface area contributed by atoms with Crippen molar-refractivity contribution in [3.05, 3.63) is 35.8 Å². The first-order chi connectivity index (χ1) is 7.89. The molecule has 0 radical (unpaired) electrons. The van der Waals surface area contributed by atoms with Crippen molar-refractivity contribution in [2.75, 3.05) is 5.73 Å². The molecule has 3 nitrogen and oxygen atoms in total. The van der Waals surface area contributed by atoms with Crippen LogP contribution in [0.2, 0.25) is 0 Å². The molecule has 0 unspecified atom stereocenters. The Morgan fingerprint density at radius 1 is 1.18 bits per heavy atom. The largest absolute Gasteiger partial charge is 0.416 e. The van der Waals surface area contributed by atoms with Crippen molar-refractivity contribution in [1.29, 1.82) is 0 Å². The summed E-state index contributed by atoms with van der Waals surface area (Å²) in [4.78, 5) is 0. The zero-order valence-corrected chi connectivity index (χ0v) is 8.35. The number of nitrogens with zero attached hydrogens (tertiary/aromatic N) is 1. The molecule has 0 atom stereocenters. The number of anilines is 1. The first kappa shape index (κ1) is 11.4. The van der Waals surface area contributed by atoms with Gasteiger partial charge >= 0.3 is 6.18 Å². The topological polar surface area (TPSA) is 54.7 Å². The van der Waals surface area contributed by atoms with E-state index in [-0.39, 0.29) is 16.9 Å². The Morgan fingerprint density at radius 3 is 2.35 bits per heavy atom. The quantitative estimate of drug-likeness (QED) is 0.759. The average molecular weight is 245 g/mol. The van der Waals surface area contributed by atoms with E-state index in [1.165, 1.54) is 6.20 Å². The first-order valence-corrected chi connectivity index (χ1v) is 4.55. The van der Waals surface area contributed by atoms with Crippen LogP contribution in [0.15, 0.2) is 24.4 Å². The van der Waals surface area contributed by atoms with E-state index in [9.17, 15) is 17.6 Å². The molecule has 0 aliphatic carbocycles. The lowest BCUT2D eigenvalue weighted by Crippen LogP contribution is -2.05. The summed E-state index contributed by atoms with van der Waals surface area (Å²) in [5.41, 5.74) is 4.63. The van der Waals surface area contributed by atoms with Crippen LogP contribution in [-0.4, -0.2) is 10.2 Å². The summed E-state index contributed by atoms with van der Waals surface area (Å²) in [5.74, 6) is -0.892. The molecule has 0 saturated heterocycles. The third-order valence-electron chi connectivity index (χ3n) is 2.26. The highest BCUT2D eigenvalue weighted by atomic mass is 19.4. The van der Waals surface area contributed by atoms with Crippen molar-refractivity contribution in [1.82, 2.24) is 10.2 Å². The van der Waals surface area contributed by atoms with Crippen LogP contribution in [0.25, 0.3) is 11.1 Å². The first-order valence-electron chi connectivity index (χ1n) is 4.55. The number of halogens is 4. The predicted molar refractivity (Wildman–Crippen MR) is 53.4 cm³/mol. The van der Waals surface area contributed by atoms with Crippen LogP contribution in [-0.2, 0) is 6.18 Å². The van der Waals surface area contributed by atoms with Gasteiger partial charge in [-0.1, -0.05) is 6.07 Å². The number of aromatic nitrogens is 2. The summed E-state index contributed by atoms with van der Waals surface area (Å²) in [7, 11) is 0. The highest BCUT2D eigenvalue weighted by Crippen LogP contribution is 2.33. The summed E-state index contributed by atoms with van der Waals surface area (Å²) in [6.07, 6.45) is -3.32. The van der Waals surface area contributed by atoms with E-state index >= 15 is 0 Å². The highest BCUT2D eigenvalue weighted by molar-refractivity contribution is 5.73. The second-order valence-corrected chi connectivity index (χ2v) is 3.39. The Kier molecular flexibility index (Phi) is 2.53. The molecule has 3 N–H and O–H groups in total. The van der Waals surface area contributed by atoms with Crippen molar-refractivity contribution in [3.63, 3.8) is 0 Å². The van der Waals surface area contributed by atoms with Crippen LogP contribution in [0.1, 0.15) is 5.56 Å². The molecule has 1 aromatic carbocycles. The lowest BCUT2D eigenvalue weighted by Gasteiger charge is -2.08. The number of aromatic amines is 1. The molecular formula is C10H7F4N3. The van der Waals surface area contributed by atoms with Crippen LogP contribution in [0, 0.1) is 5.82 Å². The Bertz CT molecular complexity index is 545. The fourth-order valence-corrected chi connectivity index (χ4v) is 1.42. The number of hydrogen-bond donors (Lipinski definition) is 2. The van der Waals surface area contributed by atoms with E-state index in [0.717, 1.165) is 12.1 Å². The van der Waals surface area contributed by atoms with Gasteiger partial charge in [0.15, 0.2) is 0 Å². The van der Waals surface area contributed by atoms with Gasteiger partial charge in [0, 0.05) is 11.1 Å². The van der Waals surface area contributed by atoms with Crippen molar-refractivity contribution in [2.45, 2.75) is 6.18 Å². The maximum atomic E-state index is 13.5. The fraction of sp³-hybridized carbons (Fsp3) is 0.100. The third kappa shape index (κ3) is 2.08. The lowest BCUT2D eigenvalue weighted by atomic mass is 10.1. The van der Waals surface area contributed by atoms with Gasteiger partial charge in [-0.2, -0.15) is 18.3 Å². The standard InChI is InChI=1S/C10H7F4N3/c11-8-3-5(10(12,13)14)1-2-6(8)7-4-16-17-9(7)15/h1-4H,(H3,15,16,17). The number of H-pyrrole nitrogens is 1. The minimum atomic E-state index is -4.57. The number of nitrogen functional groups attached to an aromatic ring is 1. The number of alkyl halides is 3. The van der Waals surface area contributed by atoms with Crippen molar-refractivity contribution < 1.29 is 17.6 Å². The second kappa shape index (κ2) is 3.76. The van der Waals surface area contributed by atoms with Gasteiger partial charge in [0.25, 0.3) is 0 Å². The number of hydrogen-bond acceptors (Lipinski definition) is 2. The van der Waals surface area contributed by atoms with Crippen molar-refractivity contribution in [3.8, 4) is 11.1 Å². The molecule has 0 saturated carbocycles. The van der Waals surface area contributed by atoms with Gasteiger partial charge in [0.2, 0.25) is 0 Å². The van der Waals surface area contributed by atoms with E-state index in [2.05, 4.69) is 10.2 Å². The summed E-state index contributed by atoms with van der Waals surface area (Å²) in [6, 6.07) is 2.26. The van der Waals surface area contributed by atoms with Crippen molar-refractivity contribution in [2.24, 2.45) is 0 Å². The smallest absolute Gasteiger partial charge is 0.384 e. The molecule has 1 aromatic heterocycles. The maximum Gasteiger partial charge on any atom is 0.416 e. The average Bonchev–Trinajstić information content (AvgIpc) is 2.63. The van der Waals surface area contributed by atoms with Gasteiger partial charge in [-0.3, -0.25) is 5.10 Å². The highest BCUT2D eigenvalue weighted by Gasteiger charge is 2.31. The summed E-state index contributed by atoms with van der Waals surface area (Å²) in [6.45, 7) is 0. The lowest BCUT2D eigenvalue weighted by molar-refractivity contribution is -0.137. The van der Waals surface area contributed by atoms with E-state index in [1.807, 2.05) is 0 Å². The van der Waals surface area contributed by atoms with Crippen LogP contribution in [0.3, 0.4) is 0 Å². The van der Waals surface area contributed by atoms with Gasteiger partial charge in [0.05, 0.1) is 11.8 Å². The van der Waals surface area contributed by atoms with E-state index in [0.29, 0.717) is 6.07 Å². The van der Waals surface area contributed by atoms with Gasteiger partial charge in [-0.25, -0.2) is 4.39 Å². The molecule has 90 valence electrons. The molecule has 0 fully saturated rings. The van der Waals surface area contributed by atoms with Gasteiger partial charge in [-0.05, 0) is 12.1 Å². The molecular weight excluding hydrogens is 238 g/mol. The summed E-state index contributed by atoms with van der Waals surface area (Å²) >= 11 is 0. The monoisotopic (exact) mass is 245 g/mol. The molecule has 7 heteroatoms. The zero-order valence-electron chi connectivity index (χ0n) is 8.35. The molecule has 2 aromatic rings. The van der Waals surface area contributed by atoms with Crippen LogP contribution in [0.4, 0.5) is 23.4 Å². The molecule has 17 heavy (non-hydrogen) atoms. The molecule has 0 bridgehead atoms. The van der Waals surface area contributed by atoms with Crippen LogP contribution < -0.4 is 5.73 Å². The number of nitrogens with two attached hydrogens (primary N) is 1. The second-order valence-electron chi connectivity index (χ2n) is 3.39. The maximum absolute atomic E-state index is 13.5. The molecule has 0 spiro atoms. The molecule has 1 heterocycles. The van der Waals surface area contributed by atoms with E-state index in [4.69, 9.17) is 5.73 Å². The third-order valence-corrected chi connectivity index (χ3v) is 2.26. The normalized spacial score (nSPS) is 11.8. The number of nitrogens with one attached hydrogen (secondary N) is 1. The number of benzene rings is 1. The Morgan fingerprint density at radius 2 is 1.88 bits per heavy atom. The summed E-state index contributed by atoms with van der Waals surface area (Å²) in [5, 5.41) is 5.95. The Labute approximate surface area is 93.3 Å². The zero-order chi connectivity index (χ0) is 12.6. The van der Waals surface area contributed by atoms with Crippen molar-refractivity contribution >= 4 is 5.82 Å². The van der Waals surface area contributed by atoms with E-state index < -0.39 is 17.6 Å². The fourth-order valence-electron chi connectivity index (χ4n) is 1.42. The predicted octanol–water partition coefficient (Wildman–Crippen LogP) is 2.82. The molecule has 0 aliphatic rings. The van der Waals surface area contributed by atoms with Gasteiger partial charge in [-0.15, -0.1) is 0 Å². The molecule has 0 aliphatic heterocycles. The minimum Gasteiger partial charge on any atom is -0.384 e. The SMILES string of the molecule is Nc1[nH]ncc1-c1ccc(C(F)(F)F)cc1F. The van der Waals surface area contributed by atoms with Gasteiger partial charge in [0.1, 0.15) is 11.6 Å². The van der Waals surface area contributed by atoms with Gasteiger partial charge < -0.3 is 5.73 Å². The minimum absolute atomic E-state index is 0.0238. The molecule has 2 rings (SSSR count). The van der Waals surface area contributed by atoms with Crippen LogP contribution in [0.5, 0.6) is 0 Å². The molecule has 0 amide bonds. The van der Waals surface area contributed by atoms with Crippen LogP contribution >= 0.6 is 0 Å².